The van der Waals surface area contributed by atoms with Gasteiger partial charge in [-0.2, -0.15) is 0 Å². The van der Waals surface area contributed by atoms with Gasteiger partial charge in [0.25, 0.3) is 11.5 Å². The minimum Gasteiger partial charge on any atom is -0.467 e. The Labute approximate surface area is 132 Å². The van der Waals surface area contributed by atoms with Gasteiger partial charge in [0.2, 0.25) is 0 Å². The highest BCUT2D eigenvalue weighted by molar-refractivity contribution is 5.99. The van der Waals surface area contributed by atoms with E-state index in [9.17, 15) is 14.0 Å². The van der Waals surface area contributed by atoms with Crippen LogP contribution in [0.15, 0.2) is 45.8 Å². The molecule has 24 heavy (non-hydrogen) atoms. The van der Waals surface area contributed by atoms with Crippen LogP contribution in [-0.2, 0) is 6.54 Å². The largest absolute Gasteiger partial charge is 0.467 e. The van der Waals surface area contributed by atoms with Gasteiger partial charge in [0.05, 0.1) is 23.8 Å². The number of benzene rings is 1. The van der Waals surface area contributed by atoms with E-state index < -0.39 is 17.3 Å². The van der Waals surface area contributed by atoms with Crippen molar-refractivity contribution >= 4 is 22.5 Å². The average Bonchev–Trinajstić information content (AvgIpc) is 3.22. The number of carbonyl (C=O) groups is 1. The van der Waals surface area contributed by atoms with Gasteiger partial charge in [-0.1, -0.05) is 5.21 Å². The second-order valence-corrected chi connectivity index (χ2v) is 5.08. The number of H-pyrrole nitrogens is 1. The van der Waals surface area contributed by atoms with E-state index in [2.05, 4.69) is 20.6 Å². The molecule has 0 saturated carbocycles. The highest BCUT2D eigenvalue weighted by atomic mass is 19.1. The van der Waals surface area contributed by atoms with Crippen LogP contribution in [0.25, 0.3) is 16.6 Å². The highest BCUT2D eigenvalue weighted by Crippen LogP contribution is 2.14. The van der Waals surface area contributed by atoms with Gasteiger partial charge in [0, 0.05) is 0 Å². The van der Waals surface area contributed by atoms with Crippen molar-refractivity contribution in [1.29, 1.82) is 0 Å². The van der Waals surface area contributed by atoms with E-state index in [1.54, 1.807) is 12.1 Å². The molecule has 0 bridgehead atoms. The molecule has 4 rings (SSSR count). The van der Waals surface area contributed by atoms with Gasteiger partial charge in [-0.3, -0.25) is 9.59 Å². The van der Waals surface area contributed by atoms with Crippen molar-refractivity contribution in [1.82, 2.24) is 25.1 Å². The third-order valence-corrected chi connectivity index (χ3v) is 3.54. The number of nitrogens with one attached hydrogen (secondary N) is 2. The maximum atomic E-state index is 13.3. The first-order valence-electron chi connectivity index (χ1n) is 7.01. The molecule has 0 unspecified atom stereocenters. The van der Waals surface area contributed by atoms with Crippen molar-refractivity contribution in [2.24, 2.45) is 0 Å². The summed E-state index contributed by atoms with van der Waals surface area (Å²) in [6, 6.07) is 7.27. The van der Waals surface area contributed by atoms with Crippen LogP contribution in [0.3, 0.4) is 0 Å². The number of carbonyl (C=O) groups excluding carboxylic acids is 1. The quantitative estimate of drug-likeness (QED) is 0.589. The predicted octanol–water partition coefficient (Wildman–Crippen LogP) is 1.23. The van der Waals surface area contributed by atoms with Crippen molar-refractivity contribution in [3.63, 3.8) is 0 Å². The fourth-order valence-corrected chi connectivity index (χ4v) is 2.45. The summed E-state index contributed by atoms with van der Waals surface area (Å²) >= 11 is 0. The third kappa shape index (κ3) is 2.22. The molecular formula is C15H10FN5O3. The van der Waals surface area contributed by atoms with Gasteiger partial charge in [0.1, 0.15) is 11.6 Å². The van der Waals surface area contributed by atoms with E-state index in [0.29, 0.717) is 11.3 Å². The first-order valence-corrected chi connectivity index (χ1v) is 7.01. The summed E-state index contributed by atoms with van der Waals surface area (Å²) < 4.78 is 19.6. The van der Waals surface area contributed by atoms with E-state index in [4.69, 9.17) is 4.42 Å². The maximum absolute atomic E-state index is 13.3. The second-order valence-electron chi connectivity index (χ2n) is 5.08. The molecule has 0 fully saturated rings. The van der Waals surface area contributed by atoms with Gasteiger partial charge in [-0.15, -0.1) is 5.10 Å². The lowest BCUT2D eigenvalue weighted by atomic mass is 10.2. The number of aromatic amines is 1. The molecule has 0 radical (unpaired) electrons. The zero-order chi connectivity index (χ0) is 16.7. The molecule has 1 aromatic carbocycles. The van der Waals surface area contributed by atoms with Crippen molar-refractivity contribution < 1.29 is 13.6 Å². The molecule has 3 heterocycles. The Kier molecular flexibility index (Phi) is 3.12. The number of nitrogens with zero attached hydrogens (tertiary/aromatic N) is 3. The number of aromatic nitrogens is 4. The van der Waals surface area contributed by atoms with Crippen molar-refractivity contribution in [2.75, 3.05) is 0 Å². The Morgan fingerprint density at radius 1 is 1.38 bits per heavy atom. The molecule has 120 valence electrons. The molecule has 0 atom stereocenters. The zero-order valence-corrected chi connectivity index (χ0v) is 12.1. The molecule has 0 aliphatic carbocycles. The first-order chi connectivity index (χ1) is 11.6. The van der Waals surface area contributed by atoms with Crippen LogP contribution in [0.2, 0.25) is 0 Å². The maximum Gasteiger partial charge on any atom is 0.277 e. The first kappa shape index (κ1) is 14.1. The summed E-state index contributed by atoms with van der Waals surface area (Å²) in [6.45, 7) is 0.154. The molecule has 0 aliphatic heterocycles. The molecule has 4 aromatic rings. The standard InChI is InChI=1S/C15H10FN5O3/c16-8-3-4-11-10(6-8)18-15(23)13-12(19-20-21(11)13)14(22)17-7-9-2-1-5-24-9/h1-6H,7H2,(H,17,22)(H,18,23). The molecule has 8 nitrogen and oxygen atoms in total. The Hall–Kier alpha value is -3.49. The normalized spacial score (nSPS) is 11.2. The van der Waals surface area contributed by atoms with E-state index in [-0.39, 0.29) is 23.3 Å². The zero-order valence-electron chi connectivity index (χ0n) is 12.1. The number of hydrogen-bond acceptors (Lipinski definition) is 5. The predicted molar refractivity (Wildman–Crippen MR) is 80.9 cm³/mol. The highest BCUT2D eigenvalue weighted by Gasteiger charge is 2.19. The van der Waals surface area contributed by atoms with Gasteiger partial charge in [0.15, 0.2) is 11.2 Å². The number of halogens is 1. The summed E-state index contributed by atoms with van der Waals surface area (Å²) in [4.78, 5) is 27.1. The van der Waals surface area contributed by atoms with E-state index in [1.807, 2.05) is 0 Å². The van der Waals surface area contributed by atoms with Gasteiger partial charge in [-0.05, 0) is 30.3 Å². The van der Waals surface area contributed by atoms with Crippen molar-refractivity contribution in [2.45, 2.75) is 6.54 Å². The van der Waals surface area contributed by atoms with Crippen LogP contribution < -0.4 is 10.9 Å². The van der Waals surface area contributed by atoms with Crippen LogP contribution in [0.4, 0.5) is 4.39 Å². The molecule has 9 heteroatoms. The van der Waals surface area contributed by atoms with Crippen molar-refractivity contribution in [3.8, 4) is 0 Å². The molecule has 1 amide bonds. The number of amides is 1. The van der Waals surface area contributed by atoms with Crippen LogP contribution >= 0.6 is 0 Å². The molecule has 3 aromatic heterocycles. The molecule has 0 saturated heterocycles. The van der Waals surface area contributed by atoms with Gasteiger partial charge < -0.3 is 14.7 Å². The Balaban J connectivity index is 1.78. The van der Waals surface area contributed by atoms with Crippen LogP contribution in [0, 0.1) is 5.82 Å². The van der Waals surface area contributed by atoms with Gasteiger partial charge in [-0.25, -0.2) is 8.91 Å². The van der Waals surface area contributed by atoms with Crippen LogP contribution in [-0.4, -0.2) is 25.7 Å². The van der Waals surface area contributed by atoms with E-state index in [1.165, 1.54) is 29.0 Å². The summed E-state index contributed by atoms with van der Waals surface area (Å²) in [7, 11) is 0. The summed E-state index contributed by atoms with van der Waals surface area (Å²) in [5, 5.41) is 10.2. The fraction of sp³-hybridized carbons (Fsp3) is 0.0667. The lowest BCUT2D eigenvalue weighted by Gasteiger charge is -2.02. The molecule has 0 spiro atoms. The third-order valence-electron chi connectivity index (χ3n) is 3.54. The number of hydrogen-bond donors (Lipinski definition) is 2. The molecule has 0 aliphatic rings. The Morgan fingerprint density at radius 2 is 2.25 bits per heavy atom. The fourth-order valence-electron chi connectivity index (χ4n) is 2.45. The monoisotopic (exact) mass is 327 g/mol. The molecular weight excluding hydrogens is 317 g/mol. The summed E-state index contributed by atoms with van der Waals surface area (Å²) in [5.41, 5.74) is -0.00939. The van der Waals surface area contributed by atoms with E-state index >= 15 is 0 Å². The SMILES string of the molecule is O=C(NCc1ccco1)c1nnn2c1c(=O)[nH]c1cc(F)ccc12. The van der Waals surface area contributed by atoms with E-state index in [0.717, 1.165) is 0 Å². The smallest absolute Gasteiger partial charge is 0.277 e. The lowest BCUT2D eigenvalue weighted by Crippen LogP contribution is -2.25. The van der Waals surface area contributed by atoms with Gasteiger partial charge >= 0.3 is 0 Å². The van der Waals surface area contributed by atoms with Crippen LogP contribution in [0.5, 0.6) is 0 Å². The molecule has 2 N–H and O–H groups in total. The topological polar surface area (TPSA) is 105 Å². The Morgan fingerprint density at radius 3 is 3.04 bits per heavy atom. The average molecular weight is 327 g/mol. The number of rotatable bonds is 3. The minimum atomic E-state index is -0.582. The number of furan rings is 1. The Bertz CT molecular complexity index is 1110. The van der Waals surface area contributed by atoms with Crippen molar-refractivity contribution in [3.05, 3.63) is 64.2 Å². The van der Waals surface area contributed by atoms with Crippen LogP contribution in [0.1, 0.15) is 16.2 Å². The minimum absolute atomic E-state index is 0.00828. The lowest BCUT2D eigenvalue weighted by molar-refractivity contribution is 0.0944. The summed E-state index contributed by atoms with van der Waals surface area (Å²) in [5.74, 6) is -0.489. The number of fused-ring (bicyclic) bond motifs is 3. The second kappa shape index (κ2) is 5.30. The summed E-state index contributed by atoms with van der Waals surface area (Å²) in [6.07, 6.45) is 1.49.